The van der Waals surface area contributed by atoms with Crippen molar-refractivity contribution in [3.05, 3.63) is 29.3 Å². The zero-order chi connectivity index (χ0) is 15.3. The second-order valence-corrected chi connectivity index (χ2v) is 5.53. The van der Waals surface area contributed by atoms with Gasteiger partial charge in [-0.1, -0.05) is 13.0 Å². The van der Waals surface area contributed by atoms with Crippen molar-refractivity contribution < 1.29 is 17.9 Å². The first-order chi connectivity index (χ1) is 10.0. The summed E-state index contributed by atoms with van der Waals surface area (Å²) in [5, 5.41) is 3.11. The Hall–Kier alpha value is -1.23. The van der Waals surface area contributed by atoms with Gasteiger partial charge in [-0.3, -0.25) is 0 Å². The topological polar surface area (TPSA) is 21.3 Å². The standard InChI is InChI=1S/C16H22F3NO/c1-2-9-20-11-12-7-8-15(14(10-12)16(17,18)19)21-13-5-3-4-6-13/h7-8,10,13,20H,2-6,9,11H2,1H3. The first-order valence-corrected chi connectivity index (χ1v) is 7.58. The molecule has 0 aromatic heterocycles. The number of nitrogens with one attached hydrogen (secondary N) is 1. The van der Waals surface area contributed by atoms with Crippen molar-refractivity contribution in [1.29, 1.82) is 0 Å². The summed E-state index contributed by atoms with van der Waals surface area (Å²) in [5.74, 6) is -0.0337. The predicted molar refractivity (Wildman–Crippen MR) is 76.3 cm³/mol. The van der Waals surface area contributed by atoms with E-state index in [-0.39, 0.29) is 11.9 Å². The molecule has 2 rings (SSSR count). The summed E-state index contributed by atoms with van der Waals surface area (Å²) in [6, 6.07) is 4.37. The molecule has 0 saturated heterocycles. The van der Waals surface area contributed by atoms with Crippen LogP contribution in [-0.2, 0) is 12.7 Å². The number of benzene rings is 1. The van der Waals surface area contributed by atoms with Crippen LogP contribution in [0.5, 0.6) is 5.75 Å². The van der Waals surface area contributed by atoms with Gasteiger partial charge in [0, 0.05) is 6.54 Å². The Morgan fingerprint density at radius 3 is 2.57 bits per heavy atom. The molecule has 0 heterocycles. The third-order valence-electron chi connectivity index (χ3n) is 3.70. The lowest BCUT2D eigenvalue weighted by atomic mass is 10.1. The normalized spacial score (nSPS) is 16.4. The van der Waals surface area contributed by atoms with Gasteiger partial charge in [-0.2, -0.15) is 13.2 Å². The fraction of sp³-hybridized carbons (Fsp3) is 0.625. The van der Waals surface area contributed by atoms with E-state index in [0.717, 1.165) is 38.6 Å². The number of alkyl halides is 3. The van der Waals surface area contributed by atoms with Crippen LogP contribution in [0.2, 0.25) is 0 Å². The fourth-order valence-electron chi connectivity index (χ4n) is 2.61. The lowest BCUT2D eigenvalue weighted by molar-refractivity contribution is -0.139. The lowest BCUT2D eigenvalue weighted by Crippen LogP contribution is -2.17. The van der Waals surface area contributed by atoms with Crippen LogP contribution in [0.1, 0.15) is 50.2 Å². The van der Waals surface area contributed by atoms with Crippen LogP contribution >= 0.6 is 0 Å². The molecule has 0 aliphatic heterocycles. The molecular weight excluding hydrogens is 279 g/mol. The maximum atomic E-state index is 13.2. The van der Waals surface area contributed by atoms with Crippen LogP contribution in [-0.4, -0.2) is 12.6 Å². The molecule has 0 atom stereocenters. The molecule has 2 nitrogen and oxygen atoms in total. The van der Waals surface area contributed by atoms with Gasteiger partial charge in [0.2, 0.25) is 0 Å². The molecule has 1 aliphatic rings. The number of ether oxygens (including phenoxy) is 1. The van der Waals surface area contributed by atoms with Crippen molar-refractivity contribution >= 4 is 0 Å². The van der Waals surface area contributed by atoms with E-state index in [1.807, 2.05) is 6.92 Å². The minimum absolute atomic E-state index is 0.0337. The van der Waals surface area contributed by atoms with Gasteiger partial charge in [0.15, 0.2) is 0 Å². The highest BCUT2D eigenvalue weighted by molar-refractivity contribution is 5.39. The van der Waals surface area contributed by atoms with E-state index in [4.69, 9.17) is 4.74 Å². The molecule has 1 saturated carbocycles. The molecule has 1 fully saturated rings. The van der Waals surface area contributed by atoms with E-state index < -0.39 is 11.7 Å². The number of halogens is 3. The average molecular weight is 301 g/mol. The maximum absolute atomic E-state index is 13.2. The van der Waals surface area contributed by atoms with Gasteiger partial charge in [-0.25, -0.2) is 0 Å². The van der Waals surface area contributed by atoms with Gasteiger partial charge >= 0.3 is 6.18 Å². The Bertz CT molecular complexity index is 453. The summed E-state index contributed by atoms with van der Waals surface area (Å²) >= 11 is 0. The Morgan fingerprint density at radius 1 is 1.24 bits per heavy atom. The monoisotopic (exact) mass is 301 g/mol. The summed E-state index contributed by atoms with van der Waals surface area (Å²) in [6.07, 6.45) is 0.253. The zero-order valence-electron chi connectivity index (χ0n) is 12.3. The summed E-state index contributed by atoms with van der Waals surface area (Å²) in [4.78, 5) is 0. The molecule has 1 aliphatic carbocycles. The van der Waals surface area contributed by atoms with Gasteiger partial charge in [0.05, 0.1) is 11.7 Å². The van der Waals surface area contributed by atoms with Gasteiger partial charge in [0.1, 0.15) is 5.75 Å². The average Bonchev–Trinajstić information content (AvgIpc) is 2.92. The van der Waals surface area contributed by atoms with Gasteiger partial charge in [0.25, 0.3) is 0 Å². The molecule has 0 unspecified atom stereocenters. The van der Waals surface area contributed by atoms with Crippen molar-refractivity contribution in [3.63, 3.8) is 0 Å². The smallest absolute Gasteiger partial charge is 0.419 e. The molecule has 0 bridgehead atoms. The van der Waals surface area contributed by atoms with Crippen molar-refractivity contribution in [1.82, 2.24) is 5.32 Å². The second kappa shape index (κ2) is 7.16. The molecule has 1 N–H and O–H groups in total. The van der Waals surface area contributed by atoms with Crippen LogP contribution < -0.4 is 10.1 Å². The lowest BCUT2D eigenvalue weighted by Gasteiger charge is -2.19. The number of hydrogen-bond acceptors (Lipinski definition) is 2. The molecule has 0 radical (unpaired) electrons. The quantitative estimate of drug-likeness (QED) is 0.780. The first-order valence-electron chi connectivity index (χ1n) is 7.58. The van der Waals surface area contributed by atoms with Crippen LogP contribution in [0, 0.1) is 0 Å². The SMILES string of the molecule is CCCNCc1ccc(OC2CCCC2)c(C(F)(F)F)c1. The highest BCUT2D eigenvalue weighted by atomic mass is 19.4. The van der Waals surface area contributed by atoms with Gasteiger partial charge in [-0.15, -0.1) is 0 Å². The van der Waals surface area contributed by atoms with Crippen LogP contribution in [0.4, 0.5) is 13.2 Å². The predicted octanol–water partition coefficient (Wildman–Crippen LogP) is 4.53. The summed E-state index contributed by atoms with van der Waals surface area (Å²) in [6.45, 7) is 3.26. The zero-order valence-corrected chi connectivity index (χ0v) is 12.3. The van der Waals surface area contributed by atoms with Crippen molar-refractivity contribution in [2.75, 3.05) is 6.54 Å². The van der Waals surface area contributed by atoms with E-state index in [1.165, 1.54) is 12.1 Å². The highest BCUT2D eigenvalue weighted by Crippen LogP contribution is 2.38. The van der Waals surface area contributed by atoms with Gasteiger partial charge in [-0.05, 0) is 56.3 Å². The van der Waals surface area contributed by atoms with Crippen molar-refractivity contribution in [3.8, 4) is 5.75 Å². The van der Waals surface area contributed by atoms with E-state index in [2.05, 4.69) is 5.32 Å². The minimum Gasteiger partial charge on any atom is -0.490 e. The molecule has 1 aromatic carbocycles. The van der Waals surface area contributed by atoms with Crippen LogP contribution in [0.25, 0.3) is 0 Å². The molecule has 1 aromatic rings. The maximum Gasteiger partial charge on any atom is 0.419 e. The van der Waals surface area contributed by atoms with Crippen molar-refractivity contribution in [2.45, 2.75) is 57.9 Å². The van der Waals surface area contributed by atoms with E-state index in [1.54, 1.807) is 6.07 Å². The summed E-state index contributed by atoms with van der Waals surface area (Å²) in [7, 11) is 0. The largest absolute Gasteiger partial charge is 0.490 e. The fourth-order valence-corrected chi connectivity index (χ4v) is 2.61. The first kappa shape index (κ1) is 16.1. The Labute approximate surface area is 123 Å². The summed E-state index contributed by atoms with van der Waals surface area (Å²) in [5.41, 5.74) is -0.0280. The Balaban J connectivity index is 2.14. The minimum atomic E-state index is -4.38. The van der Waals surface area contributed by atoms with E-state index in [9.17, 15) is 13.2 Å². The van der Waals surface area contributed by atoms with E-state index >= 15 is 0 Å². The molecule has 5 heteroatoms. The Morgan fingerprint density at radius 2 is 1.95 bits per heavy atom. The van der Waals surface area contributed by atoms with Crippen molar-refractivity contribution in [2.24, 2.45) is 0 Å². The second-order valence-electron chi connectivity index (χ2n) is 5.53. The highest BCUT2D eigenvalue weighted by Gasteiger charge is 2.35. The molecule has 118 valence electrons. The number of hydrogen-bond donors (Lipinski definition) is 1. The third-order valence-corrected chi connectivity index (χ3v) is 3.70. The van der Waals surface area contributed by atoms with Gasteiger partial charge < -0.3 is 10.1 Å². The summed E-state index contributed by atoms with van der Waals surface area (Å²) < 4.78 is 45.1. The number of rotatable bonds is 6. The van der Waals surface area contributed by atoms with Crippen LogP contribution in [0.3, 0.4) is 0 Å². The third kappa shape index (κ3) is 4.63. The molecule has 21 heavy (non-hydrogen) atoms. The molecule has 0 amide bonds. The van der Waals surface area contributed by atoms with E-state index in [0.29, 0.717) is 12.1 Å². The molecule has 0 spiro atoms. The Kier molecular flexibility index (Phi) is 5.51. The molecular formula is C16H22F3NO. The van der Waals surface area contributed by atoms with Crippen LogP contribution in [0.15, 0.2) is 18.2 Å².